The number of furan rings is 1. The van der Waals surface area contributed by atoms with E-state index in [1.165, 1.54) is 133 Å². The molecule has 18 heterocycles. The van der Waals surface area contributed by atoms with Crippen molar-refractivity contribution in [1.29, 1.82) is 0 Å². The molecule has 9 aliphatic rings. The van der Waals surface area contributed by atoms with Gasteiger partial charge in [-0.05, 0) is 193 Å². The normalized spacial score (nSPS) is 13.9. The van der Waals surface area contributed by atoms with Gasteiger partial charge in [0.25, 0.3) is 0 Å². The second-order valence-electron chi connectivity index (χ2n) is 36.8. The van der Waals surface area contributed by atoms with Gasteiger partial charge in [-0.25, -0.2) is 29.9 Å². The van der Waals surface area contributed by atoms with Crippen LogP contribution in [0.2, 0.25) is 0 Å². The summed E-state index contributed by atoms with van der Waals surface area (Å²) in [6, 6.07) is 117. The lowest BCUT2D eigenvalue weighted by atomic mass is 10.0. The van der Waals surface area contributed by atoms with Crippen LogP contribution in [0.15, 0.2) is 420 Å². The number of fused-ring (bicyclic) bond motifs is 18. The fraction of sp³-hybridized carbons (Fsp3) is 0. The average Bonchev–Trinajstić information content (AvgIpc) is 1.68. The molecule has 0 bridgehead atoms. The summed E-state index contributed by atoms with van der Waals surface area (Å²) in [5.41, 5.74) is 28.8. The maximum atomic E-state index is 6.84. The lowest BCUT2D eigenvalue weighted by molar-refractivity contribution is 0.473. The first kappa shape index (κ1) is 82.2. The monoisotopic (exact) mass is 2100 g/mol. The average molecular weight is 2100 g/mol. The highest BCUT2D eigenvalue weighted by atomic mass is 32.2. The van der Waals surface area contributed by atoms with E-state index in [1.54, 1.807) is 69.3 Å². The number of hydrogen-bond acceptors (Lipinski definition) is 27. The third kappa shape index (κ3) is 12.0. The van der Waals surface area contributed by atoms with E-state index in [-0.39, 0.29) is 0 Å². The topological polar surface area (TPSA) is 158 Å². The van der Waals surface area contributed by atoms with Gasteiger partial charge in [-0.1, -0.05) is 234 Å². The largest absolute Gasteiger partial charge is 0.455 e. The molecular weight excluding hydrogens is 2050 g/mol. The molecule has 15 nitrogen and oxygen atoms in total. The Bertz CT molecular complexity index is 10600. The van der Waals surface area contributed by atoms with Crippen LogP contribution in [-0.2, 0) is 0 Å². The van der Waals surface area contributed by atoms with Crippen LogP contribution >= 0.6 is 139 Å². The van der Waals surface area contributed by atoms with E-state index < -0.39 is 0 Å². The minimum Gasteiger partial charge on any atom is -0.455 e. The predicted octanol–water partition coefficient (Wildman–Crippen LogP) is 39.5. The second kappa shape index (κ2) is 30.8. The van der Waals surface area contributed by atoms with Crippen molar-refractivity contribution in [3.05, 3.63) is 334 Å². The van der Waals surface area contributed by atoms with Crippen LogP contribution in [0.4, 0.5) is 51.2 Å². The zero-order valence-corrected chi connectivity index (χ0v) is 85.4. The quantitative estimate of drug-likeness (QED) is 0.148. The third-order valence-electron chi connectivity index (χ3n) is 28.5. The number of rotatable bonds is 7. The number of nitrogens with zero attached hydrogens (tertiary/aromatic N) is 9. The molecule has 0 amide bonds. The maximum absolute atomic E-state index is 6.84. The van der Waals surface area contributed by atoms with Crippen molar-refractivity contribution < 1.29 is 27.1 Å². The third-order valence-corrected chi connectivity index (χ3v) is 42.3. The van der Waals surface area contributed by atoms with Crippen molar-refractivity contribution in [2.75, 3.05) is 14.7 Å². The molecule has 0 aliphatic carbocycles. The lowest BCUT2D eigenvalue weighted by Crippen LogP contribution is -2.23. The molecule has 0 fully saturated rings. The number of hydrogen-bond donors (Lipinski definition) is 0. The van der Waals surface area contributed by atoms with E-state index in [9.17, 15) is 0 Å². The molecule has 0 saturated heterocycles. The van der Waals surface area contributed by atoms with E-state index in [4.69, 9.17) is 57.0 Å². The molecule has 9 aromatic heterocycles. The highest BCUT2D eigenvalue weighted by molar-refractivity contribution is 8.02. The zero-order chi connectivity index (χ0) is 95.1. The van der Waals surface area contributed by atoms with Crippen LogP contribution in [0.3, 0.4) is 0 Å². The minimum absolute atomic E-state index is 0.606. The van der Waals surface area contributed by atoms with Gasteiger partial charge in [0, 0.05) is 104 Å². The number of para-hydroxylation sites is 10. The molecule has 0 unspecified atom stereocenters. The van der Waals surface area contributed by atoms with Crippen LogP contribution in [-0.4, -0.2) is 29.9 Å². The molecule has 0 N–H and O–H groups in total. The van der Waals surface area contributed by atoms with Gasteiger partial charge in [0.2, 0.25) is 17.7 Å². The van der Waals surface area contributed by atoms with Gasteiger partial charge in [0.1, 0.15) is 59.9 Å². The Morgan fingerprint density at radius 2 is 0.592 bits per heavy atom. The first-order valence-corrected chi connectivity index (χ1v) is 57.3. The van der Waals surface area contributed by atoms with Crippen molar-refractivity contribution in [2.45, 2.75) is 68.5 Å². The minimum atomic E-state index is 0.606. The summed E-state index contributed by atoms with van der Waals surface area (Å²) in [5, 5.41) is 10.4. The molecule has 688 valence electrons. The smallest absolute Gasteiger partial charge is 0.228 e. The SMILES string of the molecule is c1ccc(-c2ccc3c(c2)sc2c4c5c(cc23)Sc2c(-c3nc6ccccc6s3)ccc3c2N5c2c(ccc(-c5nc6ccccc6s5)c2S4)O3)cc1.c1ccc2oc(-c3cc4c5c(c3)Sc3cc6c(sc7ccccc76)c6c3N5c3c(cc(-c5nc7ccccc7o5)cc3S6)S4)nc2c1.c1ccc2oc(-c3ccc4c5c3Sc3c(-c6nc7ccccc7s6)ccc6c3N5c3c(cc5c(oc7ccccc75)c3S4)O6)nc2c1. The Labute approximate surface area is 881 Å². The highest BCUT2D eigenvalue weighted by Gasteiger charge is 2.48. The number of ether oxygens (including phenoxy) is 2. The van der Waals surface area contributed by atoms with Crippen molar-refractivity contribution in [3.8, 4) is 100 Å². The summed E-state index contributed by atoms with van der Waals surface area (Å²) in [6.07, 6.45) is 0. The van der Waals surface area contributed by atoms with Gasteiger partial charge in [-0.3, -0.25) is 9.80 Å². The van der Waals surface area contributed by atoms with Crippen LogP contribution < -0.4 is 24.2 Å². The molecule has 0 spiro atoms. The molecule has 9 aliphatic heterocycles. The molecule has 0 radical (unpaired) electrons. The highest BCUT2D eigenvalue weighted by Crippen LogP contribution is 2.75. The van der Waals surface area contributed by atoms with Gasteiger partial charge >= 0.3 is 0 Å². The van der Waals surface area contributed by atoms with Gasteiger partial charge in [0.05, 0.1) is 108 Å². The molecule has 147 heavy (non-hydrogen) atoms. The summed E-state index contributed by atoms with van der Waals surface area (Å²) in [4.78, 5) is 54.2. The number of thiazole rings is 3. The van der Waals surface area contributed by atoms with Gasteiger partial charge in [-0.2, -0.15) is 0 Å². The molecular formula is C120H55N9O6S12. The van der Waals surface area contributed by atoms with E-state index in [0.29, 0.717) is 17.7 Å². The standard InChI is InChI=1S/C44H21N3OS5.C38H17N3O3S3.C38H17N3O2S4/c1-2-8-22(9-3-1)23-14-15-24-27-21-35-38-42(41(27)49-34(24)20-23)53-40-26(44-46-29-11-5-7-13-33(29)52-44)17-19-31-37(40)47(38)36-30(48-31)18-16-25(39(36)50-35)43-45-28-10-4-6-12-32(28)51-43;1-4-10-24-18(7-1)21-17-27-31-36(33(21)43-24)45-29-16-14-19(37-39-22-8-2-5-11-25(22)44-37)34-32(29)41(31)30-26(42-27)15-13-20(35(30)47-34)38-40-23-9-3-6-12-28(23)46-38;1-6-12-26-20(7-1)21-17-31-34-36(35(21)46-26)47-30-16-19(38-40-23-9-3-5-11-25(23)43-38)15-29-33(30)41(34)32-27(44-29)13-18(14-28(32)45-31)37-39-22-8-2-4-10-24(22)42-37/h1-21H;2*1-17H. The maximum Gasteiger partial charge on any atom is 0.228 e. The summed E-state index contributed by atoms with van der Waals surface area (Å²) < 4.78 is 48.0. The predicted molar refractivity (Wildman–Crippen MR) is 606 cm³/mol. The van der Waals surface area contributed by atoms with Crippen molar-refractivity contribution >= 4 is 316 Å². The second-order valence-corrected chi connectivity index (χ2v) is 49.4. The summed E-state index contributed by atoms with van der Waals surface area (Å²) in [6.45, 7) is 0. The Balaban J connectivity index is 0.0000000931. The summed E-state index contributed by atoms with van der Waals surface area (Å²) in [5.74, 6) is 5.26. The van der Waals surface area contributed by atoms with Crippen molar-refractivity contribution in [3.63, 3.8) is 0 Å². The van der Waals surface area contributed by atoms with E-state index in [0.717, 1.165) is 196 Å². The molecule has 27 heteroatoms. The van der Waals surface area contributed by atoms with E-state index in [2.05, 4.69) is 257 Å². The van der Waals surface area contributed by atoms with Gasteiger partial charge in [-0.15, -0.1) is 56.7 Å². The Morgan fingerprint density at radius 1 is 0.197 bits per heavy atom. The number of oxazole rings is 3. The first-order valence-electron chi connectivity index (χ1n) is 47.5. The fourth-order valence-corrected chi connectivity index (χ4v) is 36.9. The molecule has 19 aromatic carbocycles. The van der Waals surface area contributed by atoms with Gasteiger partial charge < -0.3 is 32.0 Å². The Morgan fingerprint density at radius 3 is 1.15 bits per heavy atom. The Hall–Kier alpha value is -15.1. The molecule has 0 saturated carbocycles. The molecule has 37 rings (SSSR count). The van der Waals surface area contributed by atoms with Crippen LogP contribution in [0.25, 0.3) is 203 Å². The first-order chi connectivity index (χ1) is 72.7. The van der Waals surface area contributed by atoms with Crippen molar-refractivity contribution in [1.82, 2.24) is 29.9 Å². The van der Waals surface area contributed by atoms with Crippen molar-refractivity contribution in [2.24, 2.45) is 0 Å². The fourth-order valence-electron chi connectivity index (χ4n) is 22.0. The van der Waals surface area contributed by atoms with Gasteiger partial charge in [0.15, 0.2) is 45.3 Å². The summed E-state index contributed by atoms with van der Waals surface area (Å²) >= 11 is 21.8. The van der Waals surface area contributed by atoms with E-state index in [1.807, 2.05) is 161 Å². The van der Waals surface area contributed by atoms with Crippen LogP contribution in [0.5, 0.6) is 23.0 Å². The van der Waals surface area contributed by atoms with E-state index >= 15 is 0 Å². The summed E-state index contributed by atoms with van der Waals surface area (Å²) in [7, 11) is 0. The lowest BCUT2D eigenvalue weighted by Gasteiger charge is -2.43. The zero-order valence-electron chi connectivity index (χ0n) is 75.6. The molecule has 0 atom stereocenters. The number of thiophene rings is 2. The number of benzene rings is 19. The number of aromatic nitrogens is 6. The van der Waals surface area contributed by atoms with Crippen LogP contribution in [0.1, 0.15) is 0 Å². The molecule has 28 aromatic rings. The number of anilines is 9. The van der Waals surface area contributed by atoms with Crippen LogP contribution in [0, 0.1) is 0 Å². The Kier molecular flexibility index (Phi) is 17.2.